The summed E-state index contributed by atoms with van der Waals surface area (Å²) < 4.78 is 5.92. The normalized spacial score (nSPS) is 10.6. The lowest BCUT2D eigenvalue weighted by atomic mass is 10.1. The van der Waals surface area contributed by atoms with E-state index in [0.717, 1.165) is 15.6 Å². The molecule has 0 fully saturated rings. The molecule has 2 rings (SSSR count). The molecule has 0 atom stereocenters. The fraction of sp³-hybridized carbons (Fsp3) is 0.200. The Kier molecular flexibility index (Phi) is 2.83. The molecule has 0 spiro atoms. The lowest BCUT2D eigenvalue weighted by Gasteiger charge is -1.99. The molecule has 0 bridgehead atoms. The Hall–Kier alpha value is -1.20. The molecule has 78 valence electrons. The predicted octanol–water partition coefficient (Wildman–Crippen LogP) is 2.30. The Morgan fingerprint density at radius 2 is 2.27 bits per heavy atom. The van der Waals surface area contributed by atoms with Crippen molar-refractivity contribution in [3.05, 3.63) is 34.1 Å². The van der Waals surface area contributed by atoms with Crippen LogP contribution >= 0.6 is 15.9 Å². The Bertz CT molecular complexity index is 482. The summed E-state index contributed by atoms with van der Waals surface area (Å²) in [6.07, 6.45) is 0. The number of aryl methyl sites for hydroxylation is 1. The quantitative estimate of drug-likeness (QED) is 0.908. The summed E-state index contributed by atoms with van der Waals surface area (Å²) in [4.78, 5) is 4.04. The minimum Gasteiger partial charge on any atom is -0.388 e. The lowest BCUT2D eigenvalue weighted by molar-refractivity contribution is 0.264. The van der Waals surface area contributed by atoms with Crippen molar-refractivity contribution in [3.63, 3.8) is 0 Å². The first-order chi connectivity index (χ1) is 7.20. The molecule has 0 amide bonds. The van der Waals surface area contributed by atoms with E-state index >= 15 is 0 Å². The number of aliphatic hydroxyl groups excluding tert-OH is 1. The van der Waals surface area contributed by atoms with Crippen molar-refractivity contribution in [1.82, 2.24) is 10.1 Å². The first kappa shape index (κ1) is 10.3. The lowest BCUT2D eigenvalue weighted by Crippen LogP contribution is -1.86. The SMILES string of the molecule is Cc1ccc(Br)c(-c2nc(CO)no2)c1. The van der Waals surface area contributed by atoms with Crippen LogP contribution in [0.5, 0.6) is 0 Å². The van der Waals surface area contributed by atoms with Crippen LogP contribution in [0.25, 0.3) is 11.5 Å². The van der Waals surface area contributed by atoms with E-state index in [4.69, 9.17) is 9.63 Å². The number of benzene rings is 1. The number of hydrogen-bond acceptors (Lipinski definition) is 4. The van der Waals surface area contributed by atoms with Gasteiger partial charge in [0.25, 0.3) is 5.89 Å². The zero-order valence-corrected chi connectivity index (χ0v) is 9.65. The second-order valence-electron chi connectivity index (χ2n) is 3.16. The second kappa shape index (κ2) is 4.12. The molecular weight excluding hydrogens is 260 g/mol. The van der Waals surface area contributed by atoms with Gasteiger partial charge in [0, 0.05) is 4.47 Å². The van der Waals surface area contributed by atoms with E-state index in [-0.39, 0.29) is 6.61 Å². The third-order valence-electron chi connectivity index (χ3n) is 1.96. The van der Waals surface area contributed by atoms with Gasteiger partial charge in [-0.15, -0.1) is 0 Å². The van der Waals surface area contributed by atoms with E-state index in [9.17, 15) is 0 Å². The Morgan fingerprint density at radius 1 is 1.47 bits per heavy atom. The third kappa shape index (κ3) is 2.08. The largest absolute Gasteiger partial charge is 0.388 e. The Labute approximate surface area is 95.1 Å². The second-order valence-corrected chi connectivity index (χ2v) is 4.01. The fourth-order valence-electron chi connectivity index (χ4n) is 1.23. The molecule has 0 radical (unpaired) electrons. The summed E-state index contributed by atoms with van der Waals surface area (Å²) in [6.45, 7) is 1.77. The van der Waals surface area contributed by atoms with Gasteiger partial charge in [-0.1, -0.05) is 16.8 Å². The van der Waals surface area contributed by atoms with Crippen LogP contribution in [-0.2, 0) is 6.61 Å². The summed E-state index contributed by atoms with van der Waals surface area (Å²) in [5.74, 6) is 0.702. The number of aliphatic hydroxyl groups is 1. The first-order valence-corrected chi connectivity index (χ1v) is 5.20. The van der Waals surface area contributed by atoms with E-state index in [1.807, 2.05) is 25.1 Å². The minimum absolute atomic E-state index is 0.215. The molecule has 1 aromatic heterocycles. The highest BCUT2D eigenvalue weighted by Gasteiger charge is 2.11. The molecule has 0 aliphatic rings. The number of aromatic nitrogens is 2. The minimum atomic E-state index is -0.215. The van der Waals surface area contributed by atoms with Crippen LogP contribution in [0.3, 0.4) is 0 Å². The maximum absolute atomic E-state index is 8.83. The highest BCUT2D eigenvalue weighted by Crippen LogP contribution is 2.27. The van der Waals surface area contributed by atoms with Crippen LogP contribution in [-0.4, -0.2) is 15.2 Å². The van der Waals surface area contributed by atoms with E-state index in [0.29, 0.717) is 11.7 Å². The third-order valence-corrected chi connectivity index (χ3v) is 2.65. The molecule has 0 unspecified atom stereocenters. The molecule has 4 nitrogen and oxygen atoms in total. The van der Waals surface area contributed by atoms with E-state index in [1.165, 1.54) is 0 Å². The summed E-state index contributed by atoms with van der Waals surface area (Å²) in [7, 11) is 0. The zero-order valence-electron chi connectivity index (χ0n) is 8.07. The van der Waals surface area contributed by atoms with Crippen molar-refractivity contribution in [2.45, 2.75) is 13.5 Å². The monoisotopic (exact) mass is 268 g/mol. The molecule has 2 aromatic rings. The van der Waals surface area contributed by atoms with Crippen molar-refractivity contribution in [1.29, 1.82) is 0 Å². The van der Waals surface area contributed by atoms with E-state index < -0.39 is 0 Å². The molecule has 0 saturated carbocycles. The summed E-state index contributed by atoms with van der Waals surface area (Å²) in [6, 6.07) is 5.85. The van der Waals surface area contributed by atoms with Crippen LogP contribution < -0.4 is 0 Å². The molecule has 0 saturated heterocycles. The smallest absolute Gasteiger partial charge is 0.259 e. The topological polar surface area (TPSA) is 59.2 Å². The van der Waals surface area contributed by atoms with Crippen molar-refractivity contribution < 1.29 is 9.63 Å². The molecule has 5 heteroatoms. The fourth-order valence-corrected chi connectivity index (χ4v) is 1.65. The van der Waals surface area contributed by atoms with Crippen LogP contribution in [0.4, 0.5) is 0 Å². The standard InChI is InChI=1S/C10H9BrN2O2/c1-6-2-3-8(11)7(4-6)10-12-9(5-14)13-15-10/h2-4,14H,5H2,1H3. The number of hydrogen-bond donors (Lipinski definition) is 1. The van der Waals surface area contributed by atoms with Gasteiger partial charge < -0.3 is 9.63 Å². The van der Waals surface area contributed by atoms with Crippen molar-refractivity contribution in [2.24, 2.45) is 0 Å². The molecule has 1 aromatic carbocycles. The van der Waals surface area contributed by atoms with Gasteiger partial charge in [0.15, 0.2) is 5.82 Å². The molecule has 1 heterocycles. The summed E-state index contributed by atoms with van der Waals surface area (Å²) in [5.41, 5.74) is 1.94. The van der Waals surface area contributed by atoms with Gasteiger partial charge in [0.1, 0.15) is 6.61 Å². The molecular formula is C10H9BrN2O2. The van der Waals surface area contributed by atoms with E-state index in [1.54, 1.807) is 0 Å². The number of halogens is 1. The number of nitrogens with zero attached hydrogens (tertiary/aromatic N) is 2. The summed E-state index contributed by atoms with van der Waals surface area (Å²) in [5, 5.41) is 12.4. The maximum Gasteiger partial charge on any atom is 0.259 e. The highest BCUT2D eigenvalue weighted by atomic mass is 79.9. The molecule has 0 aliphatic heterocycles. The Morgan fingerprint density at radius 3 is 2.93 bits per heavy atom. The first-order valence-electron chi connectivity index (χ1n) is 4.40. The average molecular weight is 269 g/mol. The van der Waals surface area contributed by atoms with Gasteiger partial charge >= 0.3 is 0 Å². The molecule has 15 heavy (non-hydrogen) atoms. The van der Waals surface area contributed by atoms with Gasteiger partial charge in [0.2, 0.25) is 0 Å². The van der Waals surface area contributed by atoms with Crippen molar-refractivity contribution in [3.8, 4) is 11.5 Å². The molecule has 1 N–H and O–H groups in total. The maximum atomic E-state index is 8.83. The van der Waals surface area contributed by atoms with Gasteiger partial charge in [-0.25, -0.2) is 0 Å². The van der Waals surface area contributed by atoms with Crippen molar-refractivity contribution in [2.75, 3.05) is 0 Å². The average Bonchev–Trinajstić information content (AvgIpc) is 2.70. The van der Waals surface area contributed by atoms with E-state index in [2.05, 4.69) is 26.1 Å². The predicted molar refractivity (Wildman–Crippen MR) is 58.1 cm³/mol. The van der Waals surface area contributed by atoms with Crippen molar-refractivity contribution >= 4 is 15.9 Å². The molecule has 0 aliphatic carbocycles. The van der Waals surface area contributed by atoms with Gasteiger partial charge in [-0.3, -0.25) is 0 Å². The van der Waals surface area contributed by atoms with Gasteiger partial charge in [-0.05, 0) is 35.0 Å². The van der Waals surface area contributed by atoms with Gasteiger partial charge in [-0.2, -0.15) is 4.98 Å². The highest BCUT2D eigenvalue weighted by molar-refractivity contribution is 9.10. The van der Waals surface area contributed by atoms with Crippen LogP contribution in [0.15, 0.2) is 27.2 Å². The van der Waals surface area contributed by atoms with Crippen LogP contribution in [0, 0.1) is 6.92 Å². The van der Waals surface area contributed by atoms with Crippen LogP contribution in [0.2, 0.25) is 0 Å². The van der Waals surface area contributed by atoms with Crippen LogP contribution in [0.1, 0.15) is 11.4 Å². The van der Waals surface area contributed by atoms with Gasteiger partial charge in [0.05, 0.1) is 5.56 Å². The zero-order chi connectivity index (χ0) is 10.8. The Balaban J connectivity index is 2.48. The summed E-state index contributed by atoms with van der Waals surface area (Å²) >= 11 is 3.41. The number of rotatable bonds is 2.